The maximum atomic E-state index is 10.9. The van der Waals surface area contributed by atoms with Crippen molar-refractivity contribution in [2.75, 3.05) is 0 Å². The molecule has 2 heterocycles. The quantitative estimate of drug-likeness (QED) is 0.645. The Morgan fingerprint density at radius 1 is 1.18 bits per heavy atom. The van der Waals surface area contributed by atoms with Gasteiger partial charge in [0.2, 0.25) is 0 Å². The second kappa shape index (κ2) is 3.52. The first kappa shape index (κ1) is 9.72. The highest BCUT2D eigenvalue weighted by Crippen LogP contribution is 2.22. The molecule has 0 saturated carbocycles. The largest absolute Gasteiger partial charge is 0.478 e. The van der Waals surface area contributed by atoms with Crippen LogP contribution in [0.25, 0.3) is 21.8 Å². The van der Waals surface area contributed by atoms with E-state index < -0.39 is 5.97 Å². The maximum Gasteiger partial charge on any atom is 0.337 e. The summed E-state index contributed by atoms with van der Waals surface area (Å²) in [5.41, 5.74) is 1.71. The molecule has 0 aliphatic rings. The highest BCUT2D eigenvalue weighted by Gasteiger charge is 2.07. The van der Waals surface area contributed by atoms with Gasteiger partial charge in [0.25, 0.3) is 0 Å². The summed E-state index contributed by atoms with van der Waals surface area (Å²) in [5, 5.41) is 10.7. The van der Waals surface area contributed by atoms with Crippen molar-refractivity contribution >= 4 is 27.8 Å². The van der Waals surface area contributed by atoms with E-state index in [1.165, 1.54) is 6.20 Å². The van der Waals surface area contributed by atoms with Crippen LogP contribution in [0.2, 0.25) is 0 Å². The fourth-order valence-electron chi connectivity index (χ4n) is 1.86. The normalized spacial score (nSPS) is 10.8. The third kappa shape index (κ3) is 1.50. The van der Waals surface area contributed by atoms with Crippen LogP contribution in [0.3, 0.4) is 0 Å². The van der Waals surface area contributed by atoms with Crippen molar-refractivity contribution in [3.05, 3.63) is 48.3 Å². The van der Waals surface area contributed by atoms with Gasteiger partial charge in [0.15, 0.2) is 0 Å². The lowest BCUT2D eigenvalue weighted by atomic mass is 10.1. The van der Waals surface area contributed by atoms with E-state index in [9.17, 15) is 4.79 Å². The number of carbonyl (C=O) groups is 1. The van der Waals surface area contributed by atoms with Crippen molar-refractivity contribution in [2.45, 2.75) is 0 Å². The Morgan fingerprint density at radius 2 is 2.06 bits per heavy atom. The highest BCUT2D eigenvalue weighted by molar-refractivity contribution is 6.05. The topological polar surface area (TPSA) is 63.1 Å². The molecule has 0 fully saturated rings. The van der Waals surface area contributed by atoms with Gasteiger partial charge in [-0.1, -0.05) is 12.1 Å². The summed E-state index contributed by atoms with van der Waals surface area (Å²) in [4.78, 5) is 19.3. The summed E-state index contributed by atoms with van der Waals surface area (Å²) in [5.74, 6) is -0.979. The minimum absolute atomic E-state index is 0.177. The van der Waals surface area contributed by atoms with Gasteiger partial charge in [-0.25, -0.2) is 4.79 Å². The standard InChI is InChI=1S/C13H8N2O2/c16-13(17)9-6-10-11(15-7-9)4-3-8-2-1-5-14-12(8)10/h1-7H,(H,16,17). The van der Waals surface area contributed by atoms with Crippen LogP contribution in [0.1, 0.15) is 10.4 Å². The Balaban J connectivity index is 2.46. The zero-order valence-electron chi connectivity index (χ0n) is 8.79. The average molecular weight is 224 g/mol. The number of carboxylic acid groups (broad SMARTS) is 1. The average Bonchev–Trinajstić information content (AvgIpc) is 2.38. The predicted molar refractivity (Wildman–Crippen MR) is 64.0 cm³/mol. The summed E-state index contributed by atoms with van der Waals surface area (Å²) >= 11 is 0. The van der Waals surface area contributed by atoms with Gasteiger partial charge >= 0.3 is 5.97 Å². The summed E-state index contributed by atoms with van der Waals surface area (Å²) in [6.45, 7) is 0. The molecule has 82 valence electrons. The fourth-order valence-corrected chi connectivity index (χ4v) is 1.86. The molecule has 2 aromatic heterocycles. The molecule has 0 radical (unpaired) electrons. The molecule has 3 rings (SSSR count). The van der Waals surface area contributed by atoms with Gasteiger partial charge < -0.3 is 5.11 Å². The first-order chi connectivity index (χ1) is 8.25. The molecule has 4 heteroatoms. The van der Waals surface area contributed by atoms with E-state index in [0.717, 1.165) is 21.8 Å². The number of aromatic carboxylic acids is 1. The van der Waals surface area contributed by atoms with Gasteiger partial charge in [-0.3, -0.25) is 9.97 Å². The molecule has 3 aromatic rings. The lowest BCUT2D eigenvalue weighted by Crippen LogP contribution is -1.97. The van der Waals surface area contributed by atoms with E-state index in [1.54, 1.807) is 12.3 Å². The SMILES string of the molecule is O=C(O)c1cnc2ccc3cccnc3c2c1. The molecule has 0 saturated heterocycles. The van der Waals surface area contributed by atoms with E-state index in [-0.39, 0.29) is 5.56 Å². The van der Waals surface area contributed by atoms with Crippen LogP contribution in [-0.2, 0) is 0 Å². The van der Waals surface area contributed by atoms with Crippen LogP contribution in [0.15, 0.2) is 42.7 Å². The minimum Gasteiger partial charge on any atom is -0.478 e. The second-order valence-electron chi connectivity index (χ2n) is 3.74. The summed E-state index contributed by atoms with van der Waals surface area (Å²) in [7, 11) is 0. The van der Waals surface area contributed by atoms with Gasteiger partial charge in [0.05, 0.1) is 16.6 Å². The van der Waals surface area contributed by atoms with Crippen LogP contribution in [0.5, 0.6) is 0 Å². The molecule has 0 atom stereocenters. The van der Waals surface area contributed by atoms with Gasteiger partial charge in [0.1, 0.15) is 0 Å². The van der Waals surface area contributed by atoms with E-state index >= 15 is 0 Å². The van der Waals surface area contributed by atoms with Crippen LogP contribution in [0, 0.1) is 0 Å². The number of pyridine rings is 2. The molecule has 17 heavy (non-hydrogen) atoms. The molecular formula is C13H8N2O2. The number of fused-ring (bicyclic) bond motifs is 3. The van der Waals surface area contributed by atoms with Crippen LogP contribution in [-0.4, -0.2) is 21.0 Å². The van der Waals surface area contributed by atoms with E-state index in [0.29, 0.717) is 0 Å². The Hall–Kier alpha value is -2.49. The smallest absolute Gasteiger partial charge is 0.337 e. The third-order valence-electron chi connectivity index (χ3n) is 2.68. The number of aromatic nitrogens is 2. The molecule has 0 aliphatic heterocycles. The molecular weight excluding hydrogens is 216 g/mol. The maximum absolute atomic E-state index is 10.9. The van der Waals surface area contributed by atoms with Crippen molar-refractivity contribution in [2.24, 2.45) is 0 Å². The molecule has 1 N–H and O–H groups in total. The van der Waals surface area contributed by atoms with Crippen molar-refractivity contribution < 1.29 is 9.90 Å². The first-order valence-corrected chi connectivity index (χ1v) is 5.12. The van der Waals surface area contributed by atoms with E-state index in [1.807, 2.05) is 24.3 Å². The monoisotopic (exact) mass is 224 g/mol. The number of hydrogen-bond acceptors (Lipinski definition) is 3. The highest BCUT2D eigenvalue weighted by atomic mass is 16.4. The zero-order valence-corrected chi connectivity index (χ0v) is 8.79. The lowest BCUT2D eigenvalue weighted by molar-refractivity contribution is 0.0696. The molecule has 4 nitrogen and oxygen atoms in total. The molecule has 1 aromatic carbocycles. The molecule has 0 bridgehead atoms. The van der Waals surface area contributed by atoms with Crippen molar-refractivity contribution in [1.29, 1.82) is 0 Å². The minimum atomic E-state index is -0.979. The van der Waals surface area contributed by atoms with E-state index in [2.05, 4.69) is 9.97 Å². The number of rotatable bonds is 1. The third-order valence-corrected chi connectivity index (χ3v) is 2.68. The molecule has 0 amide bonds. The Kier molecular flexibility index (Phi) is 2.01. The lowest BCUT2D eigenvalue weighted by Gasteiger charge is -2.02. The van der Waals surface area contributed by atoms with Gasteiger partial charge in [-0.05, 0) is 18.2 Å². The summed E-state index contributed by atoms with van der Waals surface area (Å²) in [6, 6.07) is 9.20. The molecule has 0 unspecified atom stereocenters. The number of benzene rings is 1. The van der Waals surface area contributed by atoms with Gasteiger partial charge in [-0.15, -0.1) is 0 Å². The van der Waals surface area contributed by atoms with Crippen LogP contribution >= 0.6 is 0 Å². The Bertz CT molecular complexity index is 738. The van der Waals surface area contributed by atoms with Gasteiger partial charge in [0, 0.05) is 23.2 Å². The first-order valence-electron chi connectivity index (χ1n) is 5.12. The Labute approximate surface area is 96.6 Å². The predicted octanol–water partition coefficient (Wildman–Crippen LogP) is 2.48. The van der Waals surface area contributed by atoms with Crippen molar-refractivity contribution in [3.63, 3.8) is 0 Å². The van der Waals surface area contributed by atoms with Crippen molar-refractivity contribution in [1.82, 2.24) is 9.97 Å². The number of hydrogen-bond donors (Lipinski definition) is 1. The van der Waals surface area contributed by atoms with Crippen LogP contribution in [0.4, 0.5) is 0 Å². The van der Waals surface area contributed by atoms with Crippen LogP contribution < -0.4 is 0 Å². The number of carboxylic acids is 1. The fraction of sp³-hybridized carbons (Fsp3) is 0. The summed E-state index contributed by atoms with van der Waals surface area (Å²) < 4.78 is 0. The molecule has 0 spiro atoms. The zero-order chi connectivity index (χ0) is 11.8. The summed E-state index contributed by atoms with van der Waals surface area (Å²) in [6.07, 6.45) is 3.05. The Morgan fingerprint density at radius 3 is 2.88 bits per heavy atom. The van der Waals surface area contributed by atoms with E-state index in [4.69, 9.17) is 5.11 Å². The van der Waals surface area contributed by atoms with Gasteiger partial charge in [-0.2, -0.15) is 0 Å². The van der Waals surface area contributed by atoms with Crippen molar-refractivity contribution in [3.8, 4) is 0 Å². The number of nitrogens with zero attached hydrogens (tertiary/aromatic N) is 2. The molecule has 0 aliphatic carbocycles. The second-order valence-corrected chi connectivity index (χ2v) is 3.74.